The smallest absolute Gasteiger partial charge is 0.434 e. The monoisotopic (exact) mass is 494 g/mol. The van der Waals surface area contributed by atoms with E-state index in [4.69, 9.17) is 27.8 Å². The topological polar surface area (TPSA) is 148 Å². The third-order valence-electron chi connectivity index (χ3n) is 4.38. The Kier molecular flexibility index (Phi) is 5.75. The number of hydrogen-bond acceptors (Lipinski definition) is 8. The lowest BCUT2D eigenvalue weighted by atomic mass is 10.0. The quantitative estimate of drug-likeness (QED) is 0.401. The summed E-state index contributed by atoms with van der Waals surface area (Å²) in [4.78, 5) is 26.8. The minimum atomic E-state index is -5.05. The van der Waals surface area contributed by atoms with Crippen LogP contribution < -0.4 is 16.2 Å². The van der Waals surface area contributed by atoms with Gasteiger partial charge in [-0.3, -0.25) is 4.79 Å². The molecule has 0 aliphatic carbocycles. The van der Waals surface area contributed by atoms with Crippen molar-refractivity contribution >= 4 is 23.3 Å². The Morgan fingerprint density at radius 3 is 2.50 bits per heavy atom. The molecule has 0 bridgehead atoms. The summed E-state index contributed by atoms with van der Waals surface area (Å²) in [6, 6.07) is 4.22. The summed E-state index contributed by atoms with van der Waals surface area (Å²) in [7, 11) is 0. The maximum absolute atomic E-state index is 14.8. The van der Waals surface area contributed by atoms with Gasteiger partial charge in [0.15, 0.2) is 23.1 Å². The number of aromatic nitrogens is 6. The van der Waals surface area contributed by atoms with Gasteiger partial charge in [0, 0.05) is 17.8 Å². The van der Waals surface area contributed by atoms with E-state index in [1.165, 1.54) is 12.3 Å². The van der Waals surface area contributed by atoms with Crippen molar-refractivity contribution in [1.82, 2.24) is 29.7 Å². The van der Waals surface area contributed by atoms with Crippen LogP contribution in [0.2, 0.25) is 5.02 Å². The number of primary amides is 1. The van der Waals surface area contributed by atoms with Gasteiger partial charge in [0.05, 0.1) is 5.56 Å². The summed E-state index contributed by atoms with van der Waals surface area (Å²) >= 11 is 5.92. The third-order valence-corrected chi connectivity index (χ3v) is 4.74. The van der Waals surface area contributed by atoms with Crippen LogP contribution in [-0.2, 0) is 6.18 Å². The second-order valence-corrected chi connectivity index (χ2v) is 6.92. The van der Waals surface area contributed by atoms with Gasteiger partial charge in [-0.1, -0.05) is 11.6 Å². The molecule has 1 amide bonds. The van der Waals surface area contributed by atoms with Crippen LogP contribution in [0.15, 0.2) is 43.1 Å². The number of rotatable bonds is 5. The Morgan fingerprint density at radius 1 is 1.12 bits per heavy atom. The van der Waals surface area contributed by atoms with Gasteiger partial charge >= 0.3 is 6.18 Å². The normalized spacial score (nSPS) is 11.4. The SMILES string of the molecule is NC(=O)c1c(-c2ccc(Oc3ncnc(N)c3Cl)c(F)c2)nn(-c2ccncn2)c1C(F)(F)F. The molecule has 0 spiro atoms. The van der Waals surface area contributed by atoms with Gasteiger partial charge in [0.25, 0.3) is 5.91 Å². The molecule has 0 atom stereocenters. The summed E-state index contributed by atoms with van der Waals surface area (Å²) < 4.78 is 62.2. The molecule has 0 aliphatic heterocycles. The number of amides is 1. The molecule has 3 aromatic heterocycles. The van der Waals surface area contributed by atoms with Gasteiger partial charge in [0.2, 0.25) is 5.88 Å². The predicted molar refractivity (Wildman–Crippen MR) is 110 cm³/mol. The highest BCUT2D eigenvalue weighted by atomic mass is 35.5. The first-order chi connectivity index (χ1) is 16.1. The summed E-state index contributed by atoms with van der Waals surface area (Å²) in [5.41, 5.74) is 7.65. The number of carbonyl (C=O) groups is 1. The first-order valence-electron chi connectivity index (χ1n) is 9.08. The van der Waals surface area contributed by atoms with E-state index < -0.39 is 34.9 Å². The number of nitrogens with two attached hydrogens (primary N) is 2. The van der Waals surface area contributed by atoms with E-state index >= 15 is 0 Å². The zero-order valence-electron chi connectivity index (χ0n) is 16.6. The Balaban J connectivity index is 1.84. The van der Waals surface area contributed by atoms with Gasteiger partial charge in [-0.2, -0.15) is 23.3 Å². The first kappa shape index (κ1) is 22.8. The van der Waals surface area contributed by atoms with Crippen molar-refractivity contribution in [1.29, 1.82) is 0 Å². The molecule has 0 fully saturated rings. The van der Waals surface area contributed by atoms with Crippen LogP contribution in [0.1, 0.15) is 16.1 Å². The third kappa shape index (κ3) is 4.17. The molecule has 34 heavy (non-hydrogen) atoms. The fourth-order valence-corrected chi connectivity index (χ4v) is 3.10. The number of ether oxygens (including phenoxy) is 1. The Bertz CT molecular complexity index is 1400. The van der Waals surface area contributed by atoms with Crippen molar-refractivity contribution < 1.29 is 27.1 Å². The molecule has 4 N–H and O–H groups in total. The standard InChI is InChI=1S/C19H11ClF4N8O2/c20-13-16(25)29-7-30-18(13)34-10-2-1-8(5-9(10)21)14-12(17(26)33)15(19(22,23)24)32(31-14)11-3-4-27-6-28-11/h1-7H,(H2,26,33)(H2,25,29,30). The van der Waals surface area contributed by atoms with Crippen LogP contribution in [0.25, 0.3) is 17.1 Å². The number of alkyl halides is 3. The van der Waals surface area contributed by atoms with Gasteiger partial charge in [-0.05, 0) is 18.2 Å². The number of nitrogens with zero attached hydrogens (tertiary/aromatic N) is 6. The molecule has 15 heteroatoms. The van der Waals surface area contributed by atoms with Crippen molar-refractivity contribution in [3.8, 4) is 28.7 Å². The number of benzene rings is 1. The minimum absolute atomic E-state index is 0.107. The molecule has 0 unspecified atom stereocenters. The van der Waals surface area contributed by atoms with Crippen LogP contribution in [0.5, 0.6) is 11.6 Å². The Hall–Kier alpha value is -4.33. The van der Waals surface area contributed by atoms with E-state index in [-0.39, 0.29) is 33.9 Å². The lowest BCUT2D eigenvalue weighted by Gasteiger charge is -2.10. The summed E-state index contributed by atoms with van der Waals surface area (Å²) in [5.74, 6) is -3.46. The van der Waals surface area contributed by atoms with Crippen LogP contribution in [0.3, 0.4) is 0 Å². The van der Waals surface area contributed by atoms with Crippen molar-refractivity contribution in [3.05, 3.63) is 65.2 Å². The molecular formula is C19H11ClF4N8O2. The minimum Gasteiger partial charge on any atom is -0.434 e. The summed E-state index contributed by atoms with van der Waals surface area (Å²) in [6.07, 6.45) is -1.82. The van der Waals surface area contributed by atoms with Crippen LogP contribution in [0.4, 0.5) is 23.4 Å². The van der Waals surface area contributed by atoms with Crippen LogP contribution >= 0.6 is 11.6 Å². The largest absolute Gasteiger partial charge is 0.434 e. The molecule has 4 aromatic rings. The Labute approximate surface area is 192 Å². The fourth-order valence-electron chi connectivity index (χ4n) is 2.96. The van der Waals surface area contributed by atoms with Gasteiger partial charge < -0.3 is 16.2 Å². The molecular weight excluding hydrogens is 484 g/mol. The molecule has 10 nitrogen and oxygen atoms in total. The predicted octanol–water partition coefficient (Wildman–Crippen LogP) is 3.40. The second kappa shape index (κ2) is 8.55. The molecule has 0 radical (unpaired) electrons. The maximum Gasteiger partial charge on any atom is 0.434 e. The zero-order chi connectivity index (χ0) is 24.6. The molecule has 4 rings (SSSR count). The van der Waals surface area contributed by atoms with Gasteiger partial charge in [-0.25, -0.2) is 24.0 Å². The zero-order valence-corrected chi connectivity index (χ0v) is 17.3. The van der Waals surface area contributed by atoms with Crippen LogP contribution in [-0.4, -0.2) is 35.6 Å². The van der Waals surface area contributed by atoms with Crippen molar-refractivity contribution in [2.45, 2.75) is 6.18 Å². The van der Waals surface area contributed by atoms with E-state index in [0.29, 0.717) is 4.68 Å². The van der Waals surface area contributed by atoms with Crippen molar-refractivity contribution in [2.75, 3.05) is 5.73 Å². The van der Waals surface area contributed by atoms with Crippen molar-refractivity contribution in [2.24, 2.45) is 5.73 Å². The first-order valence-corrected chi connectivity index (χ1v) is 9.46. The average molecular weight is 495 g/mol. The summed E-state index contributed by atoms with van der Waals surface area (Å²) in [6.45, 7) is 0. The molecule has 3 heterocycles. The molecule has 0 saturated carbocycles. The number of nitrogen functional groups attached to an aromatic ring is 1. The van der Waals surface area contributed by atoms with Crippen molar-refractivity contribution in [3.63, 3.8) is 0 Å². The van der Waals surface area contributed by atoms with E-state index in [1.807, 2.05) is 0 Å². The fraction of sp³-hybridized carbons (Fsp3) is 0.0526. The van der Waals surface area contributed by atoms with E-state index in [2.05, 4.69) is 25.0 Å². The van der Waals surface area contributed by atoms with E-state index in [1.54, 1.807) is 0 Å². The number of halogens is 5. The Morgan fingerprint density at radius 2 is 1.88 bits per heavy atom. The summed E-state index contributed by atoms with van der Waals surface area (Å²) in [5, 5.41) is 3.69. The van der Waals surface area contributed by atoms with Crippen LogP contribution in [0, 0.1) is 5.82 Å². The molecule has 0 saturated heterocycles. The highest BCUT2D eigenvalue weighted by Crippen LogP contribution is 2.39. The number of anilines is 1. The average Bonchev–Trinajstić information content (AvgIpc) is 3.20. The van der Waals surface area contributed by atoms with Gasteiger partial charge in [0.1, 0.15) is 29.2 Å². The van der Waals surface area contributed by atoms with Gasteiger partial charge in [-0.15, -0.1) is 0 Å². The van der Waals surface area contributed by atoms with E-state index in [9.17, 15) is 22.4 Å². The lowest BCUT2D eigenvalue weighted by molar-refractivity contribution is -0.143. The highest BCUT2D eigenvalue weighted by Gasteiger charge is 2.42. The number of carbonyl (C=O) groups excluding carboxylic acids is 1. The number of hydrogen-bond donors (Lipinski definition) is 2. The highest BCUT2D eigenvalue weighted by molar-refractivity contribution is 6.34. The molecule has 174 valence electrons. The maximum atomic E-state index is 14.8. The molecule has 1 aromatic carbocycles. The molecule has 0 aliphatic rings. The lowest BCUT2D eigenvalue weighted by Crippen LogP contribution is -2.21. The van der Waals surface area contributed by atoms with E-state index in [0.717, 1.165) is 30.9 Å². The second-order valence-electron chi connectivity index (χ2n) is 6.54.